The van der Waals surface area contributed by atoms with Crippen LogP contribution in [0.1, 0.15) is 25.5 Å². The van der Waals surface area contributed by atoms with Gasteiger partial charge in [0.2, 0.25) is 0 Å². The predicted molar refractivity (Wildman–Crippen MR) is 89.3 cm³/mol. The highest BCUT2D eigenvalue weighted by Gasteiger charge is 2.19. The molecule has 5 nitrogen and oxygen atoms in total. The third kappa shape index (κ3) is 3.87. The molecule has 1 unspecified atom stereocenters. The van der Waals surface area contributed by atoms with E-state index in [1.165, 1.54) is 6.07 Å². The zero-order valence-corrected chi connectivity index (χ0v) is 14.6. The van der Waals surface area contributed by atoms with Crippen LogP contribution in [0, 0.1) is 0 Å². The van der Waals surface area contributed by atoms with Crippen molar-refractivity contribution in [1.29, 1.82) is 0 Å². The molecule has 1 atom stereocenters. The zero-order valence-electron chi connectivity index (χ0n) is 12.3. The Morgan fingerprint density at radius 1 is 1.18 bits per heavy atom. The topological polar surface area (TPSA) is 85.9 Å². The average Bonchev–Trinajstić information content (AvgIpc) is 2.44. The second-order valence-corrected chi connectivity index (χ2v) is 7.96. The highest BCUT2D eigenvalue weighted by Crippen LogP contribution is 2.28. The van der Waals surface area contributed by atoms with Gasteiger partial charge in [0, 0.05) is 12.3 Å². The van der Waals surface area contributed by atoms with Crippen molar-refractivity contribution < 1.29 is 8.42 Å². The Morgan fingerprint density at radius 3 is 2.23 bits per heavy atom. The summed E-state index contributed by atoms with van der Waals surface area (Å²) >= 11 is 11.9. The summed E-state index contributed by atoms with van der Waals surface area (Å²) in [5.74, 6) is 0. The number of hydrogen-bond acceptors (Lipinski definition) is 5. The second kappa shape index (κ2) is 6.66. The van der Waals surface area contributed by atoms with E-state index in [9.17, 15) is 8.42 Å². The van der Waals surface area contributed by atoms with Crippen molar-refractivity contribution in [1.82, 2.24) is 9.97 Å². The lowest BCUT2D eigenvalue weighted by molar-refractivity contribution is 0.576. The number of hydrogen-bond donors (Lipinski definition) is 1. The van der Waals surface area contributed by atoms with Crippen LogP contribution in [0.3, 0.4) is 0 Å². The standard InChI is InChI=1S/C14H17Cl2N3O2S/c1-3-8(17)4-5-11-14(22(2,20)21)19-13-7-10(16)9(15)6-12(13)18-11/h6-8H,3-5,17H2,1-2H3. The third-order valence-corrected chi connectivity index (χ3v) is 5.12. The van der Waals surface area contributed by atoms with E-state index in [0.29, 0.717) is 39.6 Å². The Balaban J connectivity index is 2.58. The first-order chi connectivity index (χ1) is 10.2. The molecule has 0 aliphatic rings. The van der Waals surface area contributed by atoms with Crippen LogP contribution in [-0.4, -0.2) is 30.7 Å². The highest BCUT2D eigenvalue weighted by molar-refractivity contribution is 7.90. The fourth-order valence-corrected chi connectivity index (χ4v) is 3.21. The molecule has 0 bridgehead atoms. The van der Waals surface area contributed by atoms with E-state index in [1.54, 1.807) is 6.07 Å². The summed E-state index contributed by atoms with van der Waals surface area (Å²) in [6, 6.07) is 3.10. The molecule has 2 rings (SSSR count). The van der Waals surface area contributed by atoms with Crippen LogP contribution in [0.2, 0.25) is 10.0 Å². The summed E-state index contributed by atoms with van der Waals surface area (Å²) in [5, 5.41) is 0.636. The molecule has 120 valence electrons. The number of benzene rings is 1. The summed E-state index contributed by atoms with van der Waals surface area (Å²) in [5.41, 5.74) is 7.23. The van der Waals surface area contributed by atoms with E-state index in [4.69, 9.17) is 28.9 Å². The third-order valence-electron chi connectivity index (χ3n) is 3.37. The van der Waals surface area contributed by atoms with Gasteiger partial charge in [0.05, 0.1) is 26.8 Å². The molecule has 1 heterocycles. The van der Waals surface area contributed by atoms with Crippen molar-refractivity contribution >= 4 is 44.1 Å². The number of aromatic nitrogens is 2. The minimum absolute atomic E-state index is 0.00119. The zero-order chi connectivity index (χ0) is 16.5. The van der Waals surface area contributed by atoms with Crippen molar-refractivity contribution in [2.45, 2.75) is 37.3 Å². The molecule has 0 saturated heterocycles. The fraction of sp³-hybridized carbons (Fsp3) is 0.429. The van der Waals surface area contributed by atoms with E-state index in [2.05, 4.69) is 9.97 Å². The number of aryl methyl sites for hydroxylation is 1. The summed E-state index contributed by atoms with van der Waals surface area (Å²) in [7, 11) is -3.49. The molecule has 0 aliphatic heterocycles. The maximum atomic E-state index is 12.0. The van der Waals surface area contributed by atoms with Gasteiger partial charge in [-0.3, -0.25) is 0 Å². The maximum absolute atomic E-state index is 12.0. The lowest BCUT2D eigenvalue weighted by Gasteiger charge is -2.11. The predicted octanol–water partition coefficient (Wildman–Crippen LogP) is 3.01. The maximum Gasteiger partial charge on any atom is 0.194 e. The highest BCUT2D eigenvalue weighted by atomic mass is 35.5. The van der Waals surface area contributed by atoms with E-state index in [-0.39, 0.29) is 11.1 Å². The Morgan fingerprint density at radius 2 is 1.73 bits per heavy atom. The van der Waals surface area contributed by atoms with Crippen LogP contribution in [0.15, 0.2) is 17.2 Å². The van der Waals surface area contributed by atoms with Gasteiger partial charge < -0.3 is 5.73 Å². The first-order valence-electron chi connectivity index (χ1n) is 6.83. The number of nitrogens with two attached hydrogens (primary N) is 1. The van der Waals surface area contributed by atoms with Crippen LogP contribution >= 0.6 is 23.2 Å². The normalized spacial score (nSPS) is 13.5. The van der Waals surface area contributed by atoms with Crippen LogP contribution < -0.4 is 5.73 Å². The molecular formula is C14H17Cl2N3O2S. The van der Waals surface area contributed by atoms with Gasteiger partial charge in [-0.25, -0.2) is 18.4 Å². The number of sulfone groups is 1. The Bertz CT molecular complexity index is 809. The van der Waals surface area contributed by atoms with Gasteiger partial charge in [0.15, 0.2) is 14.9 Å². The van der Waals surface area contributed by atoms with Crippen molar-refractivity contribution in [3.05, 3.63) is 27.9 Å². The molecule has 0 fully saturated rings. The molecule has 0 radical (unpaired) electrons. The van der Waals surface area contributed by atoms with Gasteiger partial charge in [0.1, 0.15) is 0 Å². The molecule has 1 aromatic heterocycles. The summed E-state index contributed by atoms with van der Waals surface area (Å²) in [6.07, 6.45) is 3.02. The van der Waals surface area contributed by atoms with Gasteiger partial charge >= 0.3 is 0 Å². The van der Waals surface area contributed by atoms with Crippen LogP contribution in [-0.2, 0) is 16.3 Å². The molecule has 0 spiro atoms. The molecule has 1 aromatic carbocycles. The molecule has 0 amide bonds. The van der Waals surface area contributed by atoms with Gasteiger partial charge in [-0.1, -0.05) is 30.1 Å². The van der Waals surface area contributed by atoms with Crippen molar-refractivity contribution in [2.24, 2.45) is 5.73 Å². The Hall–Kier alpha value is -0.950. The largest absolute Gasteiger partial charge is 0.328 e. The van der Waals surface area contributed by atoms with E-state index in [1.807, 2.05) is 6.92 Å². The van der Waals surface area contributed by atoms with Crippen LogP contribution in [0.4, 0.5) is 0 Å². The average molecular weight is 362 g/mol. The minimum Gasteiger partial charge on any atom is -0.328 e. The Labute approximate surface area is 139 Å². The first kappa shape index (κ1) is 17.4. The smallest absolute Gasteiger partial charge is 0.194 e. The number of halogens is 2. The molecule has 22 heavy (non-hydrogen) atoms. The summed E-state index contributed by atoms with van der Waals surface area (Å²) in [6.45, 7) is 1.98. The second-order valence-electron chi connectivity index (χ2n) is 5.21. The van der Waals surface area contributed by atoms with Crippen molar-refractivity contribution in [2.75, 3.05) is 6.26 Å². The molecular weight excluding hydrogens is 345 g/mol. The van der Waals surface area contributed by atoms with Gasteiger partial charge in [-0.2, -0.15) is 0 Å². The van der Waals surface area contributed by atoms with E-state index < -0.39 is 9.84 Å². The van der Waals surface area contributed by atoms with Crippen LogP contribution in [0.25, 0.3) is 11.0 Å². The Kier molecular flexibility index (Phi) is 5.27. The molecule has 0 saturated carbocycles. The molecule has 8 heteroatoms. The minimum atomic E-state index is -3.49. The fourth-order valence-electron chi connectivity index (χ4n) is 2.06. The van der Waals surface area contributed by atoms with Gasteiger partial charge in [-0.05, 0) is 31.4 Å². The molecule has 2 aromatic rings. The molecule has 2 N–H and O–H groups in total. The van der Waals surface area contributed by atoms with Gasteiger partial charge in [-0.15, -0.1) is 0 Å². The lowest BCUT2D eigenvalue weighted by atomic mass is 10.1. The number of nitrogens with zero attached hydrogens (tertiary/aromatic N) is 2. The van der Waals surface area contributed by atoms with E-state index in [0.717, 1.165) is 12.7 Å². The van der Waals surface area contributed by atoms with Gasteiger partial charge in [0.25, 0.3) is 0 Å². The SMILES string of the molecule is CCC(N)CCc1nc2cc(Cl)c(Cl)cc2nc1S(C)(=O)=O. The molecule has 0 aliphatic carbocycles. The lowest BCUT2D eigenvalue weighted by Crippen LogP contribution is -2.20. The van der Waals surface area contributed by atoms with Crippen molar-refractivity contribution in [3.8, 4) is 0 Å². The number of rotatable bonds is 5. The van der Waals surface area contributed by atoms with Crippen molar-refractivity contribution in [3.63, 3.8) is 0 Å². The number of fused-ring (bicyclic) bond motifs is 1. The van der Waals surface area contributed by atoms with Crippen LogP contribution in [0.5, 0.6) is 0 Å². The monoisotopic (exact) mass is 361 g/mol. The summed E-state index contributed by atoms with van der Waals surface area (Å²) < 4.78 is 23.9. The quantitative estimate of drug-likeness (QED) is 0.884. The summed E-state index contributed by atoms with van der Waals surface area (Å²) in [4.78, 5) is 8.63. The van der Waals surface area contributed by atoms with E-state index >= 15 is 0 Å². The first-order valence-corrected chi connectivity index (χ1v) is 9.48.